The second-order valence-electron chi connectivity index (χ2n) is 6.06. The third-order valence-electron chi connectivity index (χ3n) is 3.32. The van der Waals surface area contributed by atoms with Crippen LogP contribution < -0.4 is 5.32 Å². The molecular weight excluding hydrogens is 322 g/mol. The van der Waals surface area contributed by atoms with Crippen LogP contribution in [0.1, 0.15) is 38.8 Å². The van der Waals surface area contributed by atoms with Crippen molar-refractivity contribution >= 4 is 40.5 Å². The van der Waals surface area contributed by atoms with Gasteiger partial charge in [0.25, 0.3) is 0 Å². The molecule has 1 aliphatic heterocycles. The molecule has 1 heterocycles. The fourth-order valence-electron chi connectivity index (χ4n) is 2.04. The first-order valence-electron chi connectivity index (χ1n) is 7.06. The number of carbonyl (C=O) groups excluding carboxylic acids is 1. The van der Waals surface area contributed by atoms with Crippen molar-refractivity contribution in [3.63, 3.8) is 0 Å². The molecule has 0 saturated carbocycles. The van der Waals surface area contributed by atoms with Crippen LogP contribution in [0.2, 0.25) is 5.02 Å². The number of carbonyl (C=O) groups is 1. The van der Waals surface area contributed by atoms with E-state index < -0.39 is 15.7 Å². The molecule has 5 nitrogen and oxygen atoms in total. The smallest absolute Gasteiger partial charge is 0.320 e. The molecule has 2 amide bonds. The van der Waals surface area contributed by atoms with Gasteiger partial charge in [0.2, 0.25) is 0 Å². The van der Waals surface area contributed by atoms with Crippen molar-refractivity contribution in [2.75, 3.05) is 11.9 Å². The van der Waals surface area contributed by atoms with E-state index in [1.165, 1.54) is 0 Å². The maximum atomic E-state index is 12.1. The van der Waals surface area contributed by atoms with Crippen molar-refractivity contribution in [2.45, 2.75) is 39.0 Å². The van der Waals surface area contributed by atoms with Gasteiger partial charge in [-0.3, -0.25) is 0 Å². The summed E-state index contributed by atoms with van der Waals surface area (Å²) in [5.74, 6) is 0. The molecule has 1 aromatic carbocycles. The number of benzene rings is 1. The molecule has 0 aliphatic carbocycles. The Labute approximate surface area is 138 Å². The van der Waals surface area contributed by atoms with Crippen molar-refractivity contribution < 1.29 is 9.00 Å². The van der Waals surface area contributed by atoms with E-state index in [-0.39, 0.29) is 6.03 Å². The Hall–Kier alpha value is -1.40. The molecule has 1 aliphatic rings. The summed E-state index contributed by atoms with van der Waals surface area (Å²) in [5.41, 5.74) is 2.39. The molecule has 0 fully saturated rings. The predicted octanol–water partition coefficient (Wildman–Crippen LogP) is 3.59. The average Bonchev–Trinajstić information content (AvgIpc) is 2.42. The fraction of sp³-hybridized carbons (Fsp3) is 0.467. The van der Waals surface area contributed by atoms with E-state index in [0.29, 0.717) is 23.8 Å². The lowest BCUT2D eigenvalue weighted by Gasteiger charge is -2.29. The molecule has 0 saturated heterocycles. The van der Waals surface area contributed by atoms with Crippen LogP contribution >= 0.6 is 11.6 Å². The van der Waals surface area contributed by atoms with Gasteiger partial charge in [-0.2, -0.15) is 4.40 Å². The Balaban J connectivity index is 2.39. The minimum Gasteiger partial charge on any atom is -0.320 e. The molecule has 1 aromatic rings. The van der Waals surface area contributed by atoms with Crippen molar-refractivity contribution in [1.29, 1.82) is 0 Å². The maximum Gasteiger partial charge on any atom is 0.322 e. The highest BCUT2D eigenvalue weighted by atomic mass is 35.5. The summed E-state index contributed by atoms with van der Waals surface area (Å²) in [5, 5.41) is 3.33. The van der Waals surface area contributed by atoms with Crippen molar-refractivity contribution in [2.24, 2.45) is 4.40 Å². The first-order chi connectivity index (χ1) is 10.2. The van der Waals surface area contributed by atoms with Crippen LogP contribution in [-0.4, -0.2) is 32.6 Å². The summed E-state index contributed by atoms with van der Waals surface area (Å²) in [6.45, 7) is 8.62. The zero-order valence-electron chi connectivity index (χ0n) is 13.1. The van der Waals surface area contributed by atoms with E-state index in [2.05, 4.69) is 9.71 Å². The lowest BCUT2D eigenvalue weighted by molar-refractivity contribution is 0.210. The quantitative estimate of drug-likeness (QED) is 0.854. The molecule has 0 spiro atoms. The lowest BCUT2D eigenvalue weighted by atomic mass is 10.0. The summed E-state index contributed by atoms with van der Waals surface area (Å²) >= 11 is 6.10. The van der Waals surface area contributed by atoms with Crippen molar-refractivity contribution in [3.8, 4) is 0 Å². The minimum atomic E-state index is -1.34. The largest absolute Gasteiger partial charge is 0.322 e. The Morgan fingerprint density at radius 3 is 2.73 bits per heavy atom. The number of rotatable bonds is 3. The minimum absolute atomic E-state index is 0.140. The summed E-state index contributed by atoms with van der Waals surface area (Å²) < 4.78 is 15.8. The number of nitrogens with one attached hydrogen (secondary N) is 1. The Morgan fingerprint density at radius 2 is 2.14 bits per heavy atom. The third-order valence-corrected chi connectivity index (χ3v) is 4.88. The van der Waals surface area contributed by atoms with E-state index in [9.17, 15) is 9.00 Å². The zero-order chi connectivity index (χ0) is 16.5. The van der Waals surface area contributed by atoms with Gasteiger partial charge in [-0.25, -0.2) is 9.00 Å². The highest BCUT2D eigenvalue weighted by Crippen LogP contribution is 2.29. The van der Waals surface area contributed by atoms with Gasteiger partial charge in [-0.15, -0.1) is 0 Å². The van der Waals surface area contributed by atoms with Crippen molar-refractivity contribution in [1.82, 2.24) is 4.90 Å². The number of amides is 2. The van der Waals surface area contributed by atoms with Gasteiger partial charge in [-0.1, -0.05) is 11.6 Å². The van der Waals surface area contributed by atoms with E-state index in [4.69, 9.17) is 11.6 Å². The zero-order valence-corrected chi connectivity index (χ0v) is 14.7. The van der Waals surface area contributed by atoms with Gasteiger partial charge in [-0.05, 0) is 39.8 Å². The first kappa shape index (κ1) is 17.0. The fourth-order valence-corrected chi connectivity index (χ4v) is 2.79. The van der Waals surface area contributed by atoms with Crippen molar-refractivity contribution in [3.05, 3.63) is 28.3 Å². The van der Waals surface area contributed by atoms with E-state index >= 15 is 0 Å². The van der Waals surface area contributed by atoms with Crippen LogP contribution in [0.25, 0.3) is 0 Å². The van der Waals surface area contributed by atoms with Crippen LogP contribution in [0.15, 0.2) is 16.5 Å². The molecule has 7 heteroatoms. The van der Waals surface area contributed by atoms with Gasteiger partial charge in [0.05, 0.1) is 11.3 Å². The molecule has 0 bridgehead atoms. The monoisotopic (exact) mass is 341 g/mol. The van der Waals surface area contributed by atoms with Gasteiger partial charge in [0.15, 0.2) is 0 Å². The third kappa shape index (κ3) is 3.67. The number of urea groups is 1. The summed E-state index contributed by atoms with van der Waals surface area (Å²) in [7, 11) is -1.34. The molecule has 0 aromatic heterocycles. The molecule has 2 rings (SSSR count). The molecule has 120 valence electrons. The second kappa shape index (κ2) is 6.38. The van der Waals surface area contributed by atoms with Crippen LogP contribution in [0.3, 0.4) is 0 Å². The summed E-state index contributed by atoms with van der Waals surface area (Å²) in [6, 6.07) is 3.35. The highest BCUT2D eigenvalue weighted by Gasteiger charge is 2.24. The Morgan fingerprint density at radius 1 is 1.45 bits per heavy atom. The second-order valence-corrected chi connectivity index (χ2v) is 8.43. The standard InChI is InChI=1S/C15H20ClN3O2S/c1-5-19-9-12-10(8-17-22(21)15(2,3)4)6-11(16)7-13(12)18-14(19)20/h6-8H,5,9H2,1-4H3,(H,18,20). The molecular formula is C15H20ClN3O2S. The summed E-state index contributed by atoms with van der Waals surface area (Å²) in [4.78, 5) is 13.6. The van der Waals surface area contributed by atoms with Crippen LogP contribution in [0.4, 0.5) is 10.5 Å². The van der Waals surface area contributed by atoms with E-state index in [1.54, 1.807) is 23.2 Å². The summed E-state index contributed by atoms with van der Waals surface area (Å²) in [6.07, 6.45) is 1.58. The van der Waals surface area contributed by atoms with E-state index in [0.717, 1.165) is 11.1 Å². The maximum absolute atomic E-state index is 12.1. The van der Waals surface area contributed by atoms with Gasteiger partial charge in [0, 0.05) is 34.6 Å². The molecule has 1 atom stereocenters. The molecule has 0 radical (unpaired) electrons. The average molecular weight is 342 g/mol. The topological polar surface area (TPSA) is 61.8 Å². The number of nitrogens with zero attached hydrogens (tertiary/aromatic N) is 2. The number of anilines is 1. The normalized spacial score (nSPS) is 16.6. The Kier molecular flexibility index (Phi) is 4.92. The SMILES string of the molecule is CCN1Cc2c(C=NS(=O)C(C)(C)C)cc(Cl)cc2NC1=O. The number of fused-ring (bicyclic) bond motifs is 1. The lowest BCUT2D eigenvalue weighted by Crippen LogP contribution is -2.38. The van der Waals surface area contributed by atoms with E-state index in [1.807, 2.05) is 27.7 Å². The molecule has 1 unspecified atom stereocenters. The molecule has 22 heavy (non-hydrogen) atoms. The molecule has 1 N–H and O–H groups in total. The van der Waals surface area contributed by atoms with Crippen LogP contribution in [0.5, 0.6) is 0 Å². The van der Waals surface area contributed by atoms with Gasteiger partial charge in [0.1, 0.15) is 11.0 Å². The van der Waals surface area contributed by atoms with Crippen LogP contribution in [0, 0.1) is 0 Å². The van der Waals surface area contributed by atoms with Gasteiger partial charge < -0.3 is 10.2 Å². The number of hydrogen-bond donors (Lipinski definition) is 1. The first-order valence-corrected chi connectivity index (χ1v) is 8.55. The van der Waals surface area contributed by atoms with Gasteiger partial charge >= 0.3 is 6.03 Å². The highest BCUT2D eigenvalue weighted by molar-refractivity contribution is 7.85. The predicted molar refractivity (Wildman–Crippen MR) is 92.0 cm³/mol. The van der Waals surface area contributed by atoms with Crippen LogP contribution in [-0.2, 0) is 17.5 Å². The number of halogens is 1. The Bertz CT molecular complexity index is 653. The number of hydrogen-bond acceptors (Lipinski definition) is 2.